The first-order chi connectivity index (χ1) is 11.2. The molecule has 0 aliphatic heterocycles. The van der Waals surface area contributed by atoms with Gasteiger partial charge in [0.25, 0.3) is 5.91 Å². The number of carbonyl (C=O) groups excluding carboxylic acids is 1. The molecule has 0 spiro atoms. The van der Waals surface area contributed by atoms with Gasteiger partial charge in [0, 0.05) is 18.3 Å². The van der Waals surface area contributed by atoms with Crippen molar-refractivity contribution in [2.45, 2.75) is 50.4 Å². The lowest BCUT2D eigenvalue weighted by molar-refractivity contribution is -0.142. The molecular weight excluding hydrogens is 325 g/mol. The van der Waals surface area contributed by atoms with E-state index in [4.69, 9.17) is 0 Å². The number of halogens is 3. The van der Waals surface area contributed by atoms with Crippen LogP contribution in [0, 0.1) is 0 Å². The predicted octanol–water partition coefficient (Wildman–Crippen LogP) is 2.17. The van der Waals surface area contributed by atoms with Gasteiger partial charge < -0.3 is 10.4 Å². The first-order valence-corrected chi connectivity index (χ1v) is 7.61. The maximum Gasteiger partial charge on any atom is 0.433 e. The fraction of sp³-hybridized carbons (Fsp3) is 0.533. The molecule has 1 aliphatic carbocycles. The minimum atomic E-state index is -4.59. The van der Waals surface area contributed by atoms with E-state index in [0.717, 1.165) is 12.3 Å². The lowest BCUT2D eigenvalue weighted by Crippen LogP contribution is -2.42. The molecule has 6 nitrogen and oxygen atoms in total. The molecule has 0 bridgehead atoms. The van der Waals surface area contributed by atoms with E-state index < -0.39 is 23.4 Å². The first-order valence-electron chi connectivity index (χ1n) is 7.61. The van der Waals surface area contributed by atoms with Crippen molar-refractivity contribution in [3.05, 3.63) is 29.7 Å². The zero-order valence-electron chi connectivity index (χ0n) is 13.0. The van der Waals surface area contributed by atoms with Crippen LogP contribution in [-0.4, -0.2) is 37.3 Å². The molecule has 3 rings (SSSR count). The normalized spacial score (nSPS) is 25.0. The Morgan fingerprint density at radius 2 is 2.08 bits per heavy atom. The molecule has 2 heterocycles. The van der Waals surface area contributed by atoms with Gasteiger partial charge in [0.05, 0.1) is 5.60 Å². The van der Waals surface area contributed by atoms with E-state index in [1.807, 2.05) is 0 Å². The van der Waals surface area contributed by atoms with Gasteiger partial charge in [0.1, 0.15) is 5.69 Å². The number of alkyl halides is 3. The van der Waals surface area contributed by atoms with E-state index in [9.17, 15) is 23.1 Å². The molecule has 1 aliphatic rings. The van der Waals surface area contributed by atoms with Crippen LogP contribution in [0.5, 0.6) is 0 Å². The largest absolute Gasteiger partial charge is 0.433 e. The van der Waals surface area contributed by atoms with Crippen LogP contribution < -0.4 is 5.32 Å². The third-order valence-corrected chi connectivity index (χ3v) is 4.28. The molecule has 0 radical (unpaired) electrons. The molecule has 2 aromatic heterocycles. The quantitative estimate of drug-likeness (QED) is 0.877. The maximum absolute atomic E-state index is 13.0. The Balaban J connectivity index is 1.79. The smallest absolute Gasteiger partial charge is 0.390 e. The molecule has 1 amide bonds. The lowest BCUT2D eigenvalue weighted by atomic mass is 9.83. The number of rotatable bonds is 2. The van der Waals surface area contributed by atoms with Crippen molar-refractivity contribution >= 4 is 11.6 Å². The lowest BCUT2D eigenvalue weighted by Gasteiger charge is -2.33. The number of nitrogens with zero attached hydrogens (tertiary/aromatic N) is 3. The second-order valence-corrected chi connectivity index (χ2v) is 6.37. The van der Waals surface area contributed by atoms with Crippen LogP contribution in [-0.2, 0) is 6.18 Å². The summed E-state index contributed by atoms with van der Waals surface area (Å²) in [7, 11) is 0. The highest BCUT2D eigenvalue weighted by molar-refractivity contribution is 5.93. The number of hydrogen-bond donors (Lipinski definition) is 2. The minimum Gasteiger partial charge on any atom is -0.390 e. The topological polar surface area (TPSA) is 79.5 Å². The van der Waals surface area contributed by atoms with E-state index >= 15 is 0 Å². The number of fused-ring (bicyclic) bond motifs is 1. The van der Waals surface area contributed by atoms with Gasteiger partial charge in [-0.2, -0.15) is 18.3 Å². The fourth-order valence-corrected chi connectivity index (χ4v) is 2.86. The van der Waals surface area contributed by atoms with Crippen molar-refractivity contribution in [2.75, 3.05) is 0 Å². The van der Waals surface area contributed by atoms with Gasteiger partial charge in [0.2, 0.25) is 0 Å². The van der Waals surface area contributed by atoms with Gasteiger partial charge in [-0.3, -0.25) is 4.79 Å². The summed E-state index contributed by atoms with van der Waals surface area (Å²) in [6, 6.07) is 1.91. The molecule has 0 saturated heterocycles. The number of aliphatic hydroxyl groups is 1. The van der Waals surface area contributed by atoms with Crippen LogP contribution in [0.2, 0.25) is 0 Å². The summed E-state index contributed by atoms with van der Waals surface area (Å²) in [5.41, 5.74) is -1.87. The van der Waals surface area contributed by atoms with Gasteiger partial charge in [-0.25, -0.2) is 9.50 Å². The van der Waals surface area contributed by atoms with Crippen LogP contribution in [0.3, 0.4) is 0 Å². The number of carbonyl (C=O) groups is 1. The van der Waals surface area contributed by atoms with Gasteiger partial charge in [0.15, 0.2) is 11.3 Å². The van der Waals surface area contributed by atoms with Crippen LogP contribution in [0.15, 0.2) is 18.3 Å². The second kappa shape index (κ2) is 5.73. The monoisotopic (exact) mass is 342 g/mol. The van der Waals surface area contributed by atoms with Crippen molar-refractivity contribution in [1.29, 1.82) is 0 Å². The van der Waals surface area contributed by atoms with Crippen molar-refractivity contribution in [3.8, 4) is 0 Å². The van der Waals surface area contributed by atoms with E-state index in [-0.39, 0.29) is 17.4 Å². The number of aromatic nitrogens is 3. The predicted molar refractivity (Wildman–Crippen MR) is 78.3 cm³/mol. The third kappa shape index (κ3) is 3.35. The molecule has 0 aromatic carbocycles. The number of hydrogen-bond acceptors (Lipinski definition) is 4. The highest BCUT2D eigenvalue weighted by atomic mass is 19.4. The van der Waals surface area contributed by atoms with E-state index in [1.54, 1.807) is 6.92 Å². The Morgan fingerprint density at radius 3 is 2.71 bits per heavy atom. The summed E-state index contributed by atoms with van der Waals surface area (Å²) in [5, 5.41) is 16.4. The Bertz CT molecular complexity index is 760. The van der Waals surface area contributed by atoms with Crippen LogP contribution in [0.4, 0.5) is 13.2 Å². The summed E-state index contributed by atoms with van der Waals surface area (Å²) in [6.45, 7) is 1.75. The van der Waals surface area contributed by atoms with E-state index in [2.05, 4.69) is 15.4 Å². The Kier molecular flexibility index (Phi) is 3.98. The Labute approximate surface area is 135 Å². The Hall–Kier alpha value is -2.16. The molecule has 9 heteroatoms. The van der Waals surface area contributed by atoms with Crippen LogP contribution in [0.25, 0.3) is 5.65 Å². The standard InChI is InChI=1S/C15H17F3N4O2/c1-14(24)5-2-9(3-6-14)20-13(23)10-8-12-19-7-4-11(15(16,17)18)22(12)21-10/h4,7-9,24H,2-3,5-6H2,1H3,(H,20,23). The maximum atomic E-state index is 13.0. The Morgan fingerprint density at radius 1 is 1.42 bits per heavy atom. The summed E-state index contributed by atoms with van der Waals surface area (Å²) in [6.07, 6.45) is -1.22. The fourth-order valence-electron chi connectivity index (χ4n) is 2.86. The zero-order chi connectivity index (χ0) is 17.5. The summed E-state index contributed by atoms with van der Waals surface area (Å²) in [5.74, 6) is -0.542. The average Bonchev–Trinajstić information content (AvgIpc) is 2.92. The summed E-state index contributed by atoms with van der Waals surface area (Å²) >= 11 is 0. The molecule has 1 fully saturated rings. The summed E-state index contributed by atoms with van der Waals surface area (Å²) < 4.78 is 39.5. The van der Waals surface area contributed by atoms with Crippen LogP contribution >= 0.6 is 0 Å². The minimum absolute atomic E-state index is 0.0402. The van der Waals surface area contributed by atoms with Crippen molar-refractivity contribution in [1.82, 2.24) is 19.9 Å². The van der Waals surface area contributed by atoms with Gasteiger partial charge in [-0.05, 0) is 38.7 Å². The molecule has 1 saturated carbocycles. The van der Waals surface area contributed by atoms with Gasteiger partial charge in [-0.1, -0.05) is 0 Å². The summed E-state index contributed by atoms with van der Waals surface area (Å²) in [4.78, 5) is 16.1. The van der Waals surface area contributed by atoms with Crippen molar-refractivity contribution in [2.24, 2.45) is 0 Å². The van der Waals surface area contributed by atoms with Gasteiger partial charge in [-0.15, -0.1) is 0 Å². The molecule has 130 valence electrons. The first kappa shape index (κ1) is 16.7. The van der Waals surface area contributed by atoms with Crippen molar-refractivity contribution < 1.29 is 23.1 Å². The van der Waals surface area contributed by atoms with Crippen LogP contribution in [0.1, 0.15) is 48.8 Å². The van der Waals surface area contributed by atoms with Crippen molar-refractivity contribution in [3.63, 3.8) is 0 Å². The number of nitrogens with one attached hydrogen (secondary N) is 1. The second-order valence-electron chi connectivity index (χ2n) is 6.37. The zero-order valence-corrected chi connectivity index (χ0v) is 13.0. The molecule has 0 unspecified atom stereocenters. The highest BCUT2D eigenvalue weighted by Gasteiger charge is 2.35. The highest BCUT2D eigenvalue weighted by Crippen LogP contribution is 2.29. The molecule has 2 aromatic rings. The molecular formula is C15H17F3N4O2. The van der Waals surface area contributed by atoms with Gasteiger partial charge >= 0.3 is 6.18 Å². The van der Waals surface area contributed by atoms with E-state index in [1.165, 1.54) is 6.07 Å². The third-order valence-electron chi connectivity index (χ3n) is 4.28. The SMILES string of the molecule is CC1(O)CCC(NC(=O)c2cc3nccc(C(F)(F)F)n3n2)CC1. The average molecular weight is 342 g/mol. The molecule has 0 atom stereocenters. The molecule has 24 heavy (non-hydrogen) atoms. The van der Waals surface area contributed by atoms with E-state index in [0.29, 0.717) is 30.2 Å². The number of amides is 1. The molecule has 2 N–H and O–H groups in total.